The van der Waals surface area contributed by atoms with Crippen molar-refractivity contribution in [2.45, 2.75) is 32.7 Å². The van der Waals surface area contributed by atoms with Crippen LogP contribution >= 0.6 is 0 Å². The van der Waals surface area contributed by atoms with Crippen molar-refractivity contribution in [3.05, 3.63) is 35.4 Å². The number of aryl methyl sites for hydroxylation is 1. The zero-order valence-electron chi connectivity index (χ0n) is 10.5. The van der Waals surface area contributed by atoms with E-state index in [1.165, 1.54) is 11.1 Å². The molecule has 0 fully saturated rings. The van der Waals surface area contributed by atoms with E-state index in [2.05, 4.69) is 41.7 Å². The van der Waals surface area contributed by atoms with Gasteiger partial charge in [0.2, 0.25) is 0 Å². The Morgan fingerprint density at radius 3 is 2.88 bits per heavy atom. The van der Waals surface area contributed by atoms with Crippen LogP contribution < -0.4 is 11.1 Å². The Morgan fingerprint density at radius 1 is 1.53 bits per heavy atom. The molecule has 1 unspecified atom stereocenters. The van der Waals surface area contributed by atoms with Crippen LogP contribution in [-0.4, -0.2) is 23.6 Å². The number of rotatable bonds is 6. The van der Waals surface area contributed by atoms with Gasteiger partial charge in [-0.05, 0) is 31.9 Å². The zero-order valence-corrected chi connectivity index (χ0v) is 10.5. The first-order valence-corrected chi connectivity index (χ1v) is 5.93. The maximum Gasteiger partial charge on any atom is 0.156 e. The summed E-state index contributed by atoms with van der Waals surface area (Å²) in [6.07, 6.45) is 1.75. The highest BCUT2D eigenvalue weighted by Crippen LogP contribution is 2.04. The van der Waals surface area contributed by atoms with E-state index in [9.17, 15) is 0 Å². The molecule has 0 aliphatic rings. The van der Waals surface area contributed by atoms with Gasteiger partial charge in [-0.15, -0.1) is 0 Å². The molecule has 1 aromatic rings. The monoisotopic (exact) mass is 235 g/mol. The second-order valence-corrected chi connectivity index (χ2v) is 4.18. The van der Waals surface area contributed by atoms with Gasteiger partial charge in [0.25, 0.3) is 0 Å². The van der Waals surface area contributed by atoms with Crippen molar-refractivity contribution in [2.24, 2.45) is 10.9 Å². The second-order valence-electron chi connectivity index (χ2n) is 4.18. The molecule has 4 heteroatoms. The third-order valence-electron chi connectivity index (χ3n) is 2.77. The molecule has 0 aliphatic heterocycles. The van der Waals surface area contributed by atoms with Gasteiger partial charge in [-0.2, -0.15) is 0 Å². The number of hydrogen-bond acceptors (Lipinski definition) is 3. The lowest BCUT2D eigenvalue weighted by atomic mass is 10.1. The molecule has 1 atom stereocenters. The molecule has 4 N–H and O–H groups in total. The van der Waals surface area contributed by atoms with Crippen molar-refractivity contribution >= 4 is 5.84 Å². The highest BCUT2D eigenvalue weighted by Gasteiger charge is 2.09. The largest absolute Gasteiger partial charge is 0.409 e. The Hall–Kier alpha value is -1.55. The van der Waals surface area contributed by atoms with Crippen LogP contribution in [0.5, 0.6) is 0 Å². The number of nitrogens with zero attached hydrogens (tertiary/aromatic N) is 1. The predicted octanol–water partition coefficient (Wildman–Crippen LogP) is 1.65. The van der Waals surface area contributed by atoms with E-state index in [4.69, 9.17) is 10.9 Å². The summed E-state index contributed by atoms with van der Waals surface area (Å²) < 4.78 is 0. The summed E-state index contributed by atoms with van der Waals surface area (Å²) in [6.45, 7) is 4.91. The van der Waals surface area contributed by atoms with Gasteiger partial charge in [0.05, 0.1) is 6.04 Å². The van der Waals surface area contributed by atoms with Crippen molar-refractivity contribution in [2.75, 3.05) is 6.54 Å². The number of nitrogens with two attached hydrogens (primary N) is 1. The maximum atomic E-state index is 8.61. The van der Waals surface area contributed by atoms with Crippen molar-refractivity contribution in [3.63, 3.8) is 0 Å². The van der Waals surface area contributed by atoms with Crippen LogP contribution in [0.3, 0.4) is 0 Å². The molecular weight excluding hydrogens is 214 g/mol. The van der Waals surface area contributed by atoms with E-state index >= 15 is 0 Å². The van der Waals surface area contributed by atoms with Crippen LogP contribution in [0.25, 0.3) is 0 Å². The molecule has 1 rings (SSSR count). The molecule has 17 heavy (non-hydrogen) atoms. The Bertz CT molecular complexity index is 377. The van der Waals surface area contributed by atoms with Crippen LogP contribution in [0.1, 0.15) is 24.5 Å². The van der Waals surface area contributed by atoms with Gasteiger partial charge in [-0.3, -0.25) is 0 Å². The van der Waals surface area contributed by atoms with Gasteiger partial charge in [-0.25, -0.2) is 0 Å². The Balaban J connectivity index is 2.41. The third kappa shape index (κ3) is 4.44. The molecule has 0 amide bonds. The van der Waals surface area contributed by atoms with Crippen molar-refractivity contribution in [1.82, 2.24) is 5.32 Å². The molecule has 0 radical (unpaired) electrons. The van der Waals surface area contributed by atoms with E-state index < -0.39 is 0 Å². The second kappa shape index (κ2) is 6.91. The normalized spacial score (nSPS) is 13.6. The van der Waals surface area contributed by atoms with Crippen molar-refractivity contribution in [1.29, 1.82) is 0 Å². The molecule has 0 saturated heterocycles. The molecule has 1 aromatic carbocycles. The van der Waals surface area contributed by atoms with Crippen LogP contribution in [-0.2, 0) is 6.42 Å². The smallest absolute Gasteiger partial charge is 0.156 e. The fourth-order valence-electron chi connectivity index (χ4n) is 1.79. The molecule has 94 valence electrons. The number of nitrogens with one attached hydrogen (secondary N) is 1. The van der Waals surface area contributed by atoms with Gasteiger partial charge >= 0.3 is 0 Å². The minimum atomic E-state index is -0.0511. The van der Waals surface area contributed by atoms with Crippen molar-refractivity contribution in [3.8, 4) is 0 Å². The van der Waals surface area contributed by atoms with Crippen LogP contribution in [0.4, 0.5) is 0 Å². The molecule has 0 aromatic heterocycles. The highest BCUT2D eigenvalue weighted by molar-refractivity contribution is 5.85. The molecule has 0 bridgehead atoms. The first-order valence-electron chi connectivity index (χ1n) is 5.93. The van der Waals surface area contributed by atoms with Crippen LogP contribution in [0.15, 0.2) is 29.4 Å². The topological polar surface area (TPSA) is 70.6 Å². The Morgan fingerprint density at radius 2 is 2.29 bits per heavy atom. The zero-order chi connectivity index (χ0) is 12.7. The number of oxime groups is 1. The molecule has 0 heterocycles. The standard InChI is InChI=1S/C13H21N3O/c1-3-12(13(14)16-17)15-8-7-11-6-4-5-10(2)9-11/h4-6,9,12,15,17H,3,7-8H2,1-2H3,(H2,14,16). The Labute approximate surface area is 103 Å². The molecule has 0 saturated carbocycles. The average molecular weight is 235 g/mol. The maximum absolute atomic E-state index is 8.61. The summed E-state index contributed by atoms with van der Waals surface area (Å²) in [6, 6.07) is 8.38. The quantitative estimate of drug-likeness (QED) is 0.304. The van der Waals surface area contributed by atoms with E-state index in [-0.39, 0.29) is 11.9 Å². The van der Waals surface area contributed by atoms with E-state index in [1.807, 2.05) is 6.92 Å². The molecular formula is C13H21N3O. The Kier molecular flexibility index (Phi) is 5.49. The fourth-order valence-corrected chi connectivity index (χ4v) is 1.79. The SMILES string of the molecule is CCC(NCCc1cccc(C)c1)C(N)=NO. The minimum Gasteiger partial charge on any atom is -0.409 e. The van der Waals surface area contributed by atoms with Crippen LogP contribution in [0.2, 0.25) is 0 Å². The lowest BCUT2D eigenvalue weighted by Crippen LogP contribution is -2.41. The highest BCUT2D eigenvalue weighted by atomic mass is 16.4. The lowest BCUT2D eigenvalue weighted by Gasteiger charge is -2.15. The summed E-state index contributed by atoms with van der Waals surface area (Å²) in [7, 11) is 0. The lowest BCUT2D eigenvalue weighted by molar-refractivity contribution is 0.314. The molecule has 4 nitrogen and oxygen atoms in total. The fraction of sp³-hybridized carbons (Fsp3) is 0.462. The minimum absolute atomic E-state index is 0.0511. The number of benzene rings is 1. The van der Waals surface area contributed by atoms with Gasteiger partial charge in [0.1, 0.15) is 0 Å². The summed E-state index contributed by atoms with van der Waals surface area (Å²) in [5.74, 6) is 0.247. The van der Waals surface area contributed by atoms with Gasteiger partial charge < -0.3 is 16.3 Å². The first kappa shape index (κ1) is 13.5. The van der Waals surface area contributed by atoms with Gasteiger partial charge in [0, 0.05) is 0 Å². The van der Waals surface area contributed by atoms with Gasteiger partial charge in [0.15, 0.2) is 5.84 Å². The third-order valence-corrected chi connectivity index (χ3v) is 2.77. The summed E-state index contributed by atoms with van der Waals surface area (Å²) >= 11 is 0. The summed E-state index contributed by atoms with van der Waals surface area (Å²) in [4.78, 5) is 0. The summed E-state index contributed by atoms with van der Waals surface area (Å²) in [5.41, 5.74) is 8.14. The van der Waals surface area contributed by atoms with E-state index in [0.29, 0.717) is 0 Å². The van der Waals surface area contributed by atoms with Gasteiger partial charge in [-0.1, -0.05) is 41.9 Å². The molecule has 0 spiro atoms. The van der Waals surface area contributed by atoms with E-state index in [1.54, 1.807) is 0 Å². The predicted molar refractivity (Wildman–Crippen MR) is 70.4 cm³/mol. The molecule has 0 aliphatic carbocycles. The summed E-state index contributed by atoms with van der Waals surface area (Å²) in [5, 5.41) is 14.9. The van der Waals surface area contributed by atoms with Crippen molar-refractivity contribution < 1.29 is 5.21 Å². The number of amidine groups is 1. The number of hydrogen-bond donors (Lipinski definition) is 3. The van der Waals surface area contributed by atoms with E-state index in [0.717, 1.165) is 19.4 Å². The average Bonchev–Trinajstić information content (AvgIpc) is 2.34. The van der Waals surface area contributed by atoms with Crippen LogP contribution in [0, 0.1) is 6.92 Å². The first-order chi connectivity index (χ1) is 8.17.